The van der Waals surface area contributed by atoms with E-state index >= 15 is 0 Å². The molecule has 0 unspecified atom stereocenters. The first-order chi connectivity index (χ1) is 15.4. The number of nitrogens with zero attached hydrogens (tertiary/aromatic N) is 2. The van der Waals surface area contributed by atoms with Crippen LogP contribution < -0.4 is 10.1 Å². The Morgan fingerprint density at radius 2 is 1.72 bits per heavy atom. The second kappa shape index (κ2) is 8.93. The predicted octanol–water partition coefficient (Wildman–Crippen LogP) is 5.72. The maximum atomic E-state index is 11.4. The molecule has 2 heterocycles. The number of ether oxygens (including phenoxy) is 1. The summed E-state index contributed by atoms with van der Waals surface area (Å²) in [4.78, 5) is 20.2. The Morgan fingerprint density at radius 1 is 1.00 bits per heavy atom. The van der Waals surface area contributed by atoms with Gasteiger partial charge in [0.2, 0.25) is 0 Å². The molecule has 0 aliphatic heterocycles. The summed E-state index contributed by atoms with van der Waals surface area (Å²) in [6.45, 7) is 3.44. The van der Waals surface area contributed by atoms with E-state index in [1.54, 1.807) is 26.2 Å². The van der Waals surface area contributed by atoms with Crippen molar-refractivity contribution in [1.82, 2.24) is 9.97 Å². The van der Waals surface area contributed by atoms with Crippen LogP contribution in [0.15, 0.2) is 83.5 Å². The first kappa shape index (κ1) is 21.1. The Bertz CT molecular complexity index is 1190. The lowest BCUT2D eigenvalue weighted by Crippen LogP contribution is -2.31. The van der Waals surface area contributed by atoms with Crippen LogP contribution in [0.3, 0.4) is 0 Å². The standard InChI is InChI=1S/C25H23N3O4/c1-25(2,23(29)30)16-27-24-28-21(22(32-24)18-7-6-14-26-15-18)17-10-12-20(13-11-17)31-19-8-4-3-5-9-19/h3-15H,16H2,1-2H3,(H,27,28)(H,29,30). The van der Waals surface area contributed by atoms with Gasteiger partial charge in [0.15, 0.2) is 5.76 Å². The number of hydrogen-bond acceptors (Lipinski definition) is 6. The Labute approximate surface area is 185 Å². The summed E-state index contributed by atoms with van der Waals surface area (Å²) >= 11 is 0. The van der Waals surface area contributed by atoms with E-state index in [1.807, 2.05) is 66.7 Å². The molecule has 0 atom stereocenters. The number of oxazole rings is 1. The lowest BCUT2D eigenvalue weighted by Gasteiger charge is -2.18. The van der Waals surface area contributed by atoms with Gasteiger partial charge in [-0.1, -0.05) is 18.2 Å². The van der Waals surface area contributed by atoms with E-state index in [1.165, 1.54) is 0 Å². The van der Waals surface area contributed by atoms with Gasteiger partial charge >= 0.3 is 5.97 Å². The number of carbonyl (C=O) groups is 1. The number of rotatable bonds is 8. The summed E-state index contributed by atoms with van der Waals surface area (Å²) in [5, 5.41) is 12.4. The van der Waals surface area contributed by atoms with Crippen molar-refractivity contribution in [2.45, 2.75) is 13.8 Å². The molecule has 32 heavy (non-hydrogen) atoms. The van der Waals surface area contributed by atoms with E-state index in [9.17, 15) is 9.90 Å². The van der Waals surface area contributed by atoms with Crippen molar-refractivity contribution >= 4 is 12.0 Å². The molecule has 2 N–H and O–H groups in total. The molecule has 0 aliphatic carbocycles. The first-order valence-electron chi connectivity index (χ1n) is 10.1. The Kier molecular flexibility index (Phi) is 5.89. The van der Waals surface area contributed by atoms with E-state index in [0.717, 1.165) is 16.9 Å². The molecule has 2 aromatic carbocycles. The van der Waals surface area contributed by atoms with Crippen molar-refractivity contribution in [2.24, 2.45) is 5.41 Å². The van der Waals surface area contributed by atoms with Crippen LogP contribution in [-0.4, -0.2) is 27.6 Å². The number of anilines is 1. The molecule has 0 bridgehead atoms. The molecular formula is C25H23N3O4. The summed E-state index contributed by atoms with van der Waals surface area (Å²) in [6.07, 6.45) is 3.38. The molecule has 2 aromatic heterocycles. The van der Waals surface area contributed by atoms with Crippen LogP contribution in [0.1, 0.15) is 13.8 Å². The van der Waals surface area contributed by atoms with Gasteiger partial charge in [-0.3, -0.25) is 9.78 Å². The second-order valence-corrected chi connectivity index (χ2v) is 7.92. The van der Waals surface area contributed by atoms with Gasteiger partial charge in [0, 0.05) is 30.1 Å². The Balaban J connectivity index is 1.63. The number of hydrogen-bond donors (Lipinski definition) is 2. The van der Waals surface area contributed by atoms with Gasteiger partial charge < -0.3 is 19.6 Å². The molecule has 0 saturated heterocycles. The highest BCUT2D eigenvalue weighted by molar-refractivity contribution is 5.78. The highest BCUT2D eigenvalue weighted by Gasteiger charge is 2.28. The highest BCUT2D eigenvalue weighted by atomic mass is 16.5. The molecular weight excluding hydrogens is 406 g/mol. The van der Waals surface area contributed by atoms with Crippen molar-refractivity contribution in [3.05, 3.63) is 79.1 Å². The molecule has 0 spiro atoms. The van der Waals surface area contributed by atoms with E-state index in [4.69, 9.17) is 9.15 Å². The number of carboxylic acid groups (broad SMARTS) is 1. The van der Waals surface area contributed by atoms with Crippen molar-refractivity contribution in [3.8, 4) is 34.1 Å². The number of benzene rings is 2. The summed E-state index contributed by atoms with van der Waals surface area (Å²) < 4.78 is 11.8. The lowest BCUT2D eigenvalue weighted by molar-refractivity contribution is -0.146. The average Bonchev–Trinajstić information content (AvgIpc) is 3.24. The van der Waals surface area contributed by atoms with Crippen LogP contribution in [0.4, 0.5) is 6.01 Å². The van der Waals surface area contributed by atoms with Crippen molar-refractivity contribution in [2.75, 3.05) is 11.9 Å². The summed E-state index contributed by atoms with van der Waals surface area (Å²) in [6, 6.07) is 21.0. The van der Waals surface area contributed by atoms with Gasteiger partial charge in [-0.15, -0.1) is 0 Å². The second-order valence-electron chi connectivity index (χ2n) is 7.92. The fraction of sp³-hybridized carbons (Fsp3) is 0.160. The lowest BCUT2D eigenvalue weighted by atomic mass is 9.94. The largest absolute Gasteiger partial charge is 0.481 e. The number of aromatic nitrogens is 2. The van der Waals surface area contributed by atoms with Crippen LogP contribution >= 0.6 is 0 Å². The molecule has 0 aliphatic rings. The normalized spacial score (nSPS) is 11.2. The maximum Gasteiger partial charge on any atom is 0.310 e. The minimum atomic E-state index is -0.973. The molecule has 162 valence electrons. The molecule has 0 saturated carbocycles. The van der Waals surface area contributed by atoms with Crippen LogP contribution in [0.5, 0.6) is 11.5 Å². The molecule has 0 radical (unpaired) electrons. The van der Waals surface area contributed by atoms with Gasteiger partial charge in [0.25, 0.3) is 6.01 Å². The molecule has 0 amide bonds. The zero-order valence-corrected chi connectivity index (χ0v) is 17.8. The van der Waals surface area contributed by atoms with E-state index in [-0.39, 0.29) is 12.6 Å². The minimum absolute atomic E-state index is 0.165. The van der Waals surface area contributed by atoms with E-state index in [2.05, 4.69) is 15.3 Å². The number of carboxylic acids is 1. The molecule has 7 nitrogen and oxygen atoms in total. The van der Waals surface area contributed by atoms with E-state index < -0.39 is 11.4 Å². The Morgan fingerprint density at radius 3 is 2.38 bits per heavy atom. The molecule has 4 aromatic rings. The molecule has 4 rings (SSSR count). The first-order valence-corrected chi connectivity index (χ1v) is 10.1. The number of pyridine rings is 1. The fourth-order valence-corrected chi connectivity index (χ4v) is 2.96. The molecule has 0 fully saturated rings. The van der Waals surface area contributed by atoms with Crippen LogP contribution in [0, 0.1) is 5.41 Å². The quantitative estimate of drug-likeness (QED) is 0.370. The number of aliphatic carboxylic acids is 1. The monoisotopic (exact) mass is 429 g/mol. The number of para-hydroxylation sites is 1. The van der Waals surface area contributed by atoms with Gasteiger partial charge in [0.05, 0.1) is 5.41 Å². The summed E-state index contributed by atoms with van der Waals surface area (Å²) in [5.41, 5.74) is 1.25. The number of nitrogens with one attached hydrogen (secondary N) is 1. The fourth-order valence-electron chi connectivity index (χ4n) is 2.96. The van der Waals surface area contributed by atoms with Gasteiger partial charge in [-0.25, -0.2) is 0 Å². The predicted molar refractivity (Wildman–Crippen MR) is 122 cm³/mol. The Hall–Kier alpha value is -4.13. The minimum Gasteiger partial charge on any atom is -0.481 e. The maximum absolute atomic E-state index is 11.4. The van der Waals surface area contributed by atoms with E-state index in [0.29, 0.717) is 17.2 Å². The summed E-state index contributed by atoms with van der Waals surface area (Å²) in [7, 11) is 0. The smallest absolute Gasteiger partial charge is 0.310 e. The third-order valence-electron chi connectivity index (χ3n) is 4.92. The highest BCUT2D eigenvalue weighted by Crippen LogP contribution is 2.35. The van der Waals surface area contributed by atoms with Crippen molar-refractivity contribution < 1.29 is 19.1 Å². The molecule has 7 heteroatoms. The average molecular weight is 429 g/mol. The van der Waals surface area contributed by atoms with Crippen LogP contribution in [0.25, 0.3) is 22.6 Å². The van der Waals surface area contributed by atoms with Gasteiger partial charge in [-0.05, 0) is 62.4 Å². The van der Waals surface area contributed by atoms with Crippen molar-refractivity contribution in [1.29, 1.82) is 0 Å². The zero-order chi connectivity index (χ0) is 22.6. The third-order valence-corrected chi connectivity index (χ3v) is 4.92. The third kappa shape index (κ3) is 4.78. The van der Waals surface area contributed by atoms with Gasteiger partial charge in [-0.2, -0.15) is 4.98 Å². The van der Waals surface area contributed by atoms with Crippen LogP contribution in [-0.2, 0) is 4.79 Å². The topological polar surface area (TPSA) is 97.5 Å². The zero-order valence-electron chi connectivity index (χ0n) is 17.8. The SMILES string of the molecule is CC(C)(CNc1nc(-c2ccc(Oc3ccccc3)cc2)c(-c2cccnc2)o1)C(=O)O. The summed E-state index contributed by atoms with van der Waals surface area (Å²) in [5.74, 6) is 1.10. The van der Waals surface area contributed by atoms with Gasteiger partial charge in [0.1, 0.15) is 17.2 Å². The van der Waals surface area contributed by atoms with Crippen LogP contribution in [0.2, 0.25) is 0 Å². The van der Waals surface area contributed by atoms with Crippen molar-refractivity contribution in [3.63, 3.8) is 0 Å².